The smallest absolute Gasteiger partial charge is 0.391 e. The van der Waals surface area contributed by atoms with Crippen molar-refractivity contribution in [2.24, 2.45) is 10.2 Å². The second-order valence-corrected chi connectivity index (χ2v) is 13.7. The minimum atomic E-state index is -4.60. The van der Waals surface area contributed by atoms with Gasteiger partial charge in [0.1, 0.15) is 28.1 Å². The monoisotopic (exact) mass is 664 g/mol. The predicted octanol–water partition coefficient (Wildman–Crippen LogP) is 6.39. The van der Waals surface area contributed by atoms with E-state index in [1.54, 1.807) is 31.2 Å². The second-order valence-electron chi connectivity index (χ2n) is 8.83. The molecule has 0 fully saturated rings. The summed E-state index contributed by atoms with van der Waals surface area (Å²) in [6.45, 7) is 2.74. The highest BCUT2D eigenvalue weighted by Gasteiger charge is 2.27. The van der Waals surface area contributed by atoms with Crippen molar-refractivity contribution < 1.29 is 36.3 Å². The number of nitrogens with zero attached hydrogens (tertiary/aromatic N) is 7. The molecule has 3 aromatic rings. The summed E-state index contributed by atoms with van der Waals surface area (Å²) in [5, 5.41) is 15.7. The molecule has 3 rings (SSSR count). The van der Waals surface area contributed by atoms with E-state index in [1.165, 1.54) is 6.07 Å². The maximum absolute atomic E-state index is 13.8. The van der Waals surface area contributed by atoms with Gasteiger partial charge in [-0.1, -0.05) is 10.2 Å². The number of aryl methyl sites for hydroxylation is 1. The van der Waals surface area contributed by atoms with Crippen LogP contribution < -0.4 is 18.7 Å². The largest absolute Gasteiger partial charge is 0.490 e. The molecule has 232 valence electrons. The third-order valence-electron chi connectivity index (χ3n) is 5.61. The van der Waals surface area contributed by atoms with Crippen LogP contribution in [0.5, 0.6) is 17.2 Å². The molecule has 0 aliphatic heterocycles. The SMILES string of the molecule is Cc1cc(OCCCN=[N+]=[N-])c(OCCCN=[N+]=[N-])cc1-c1ccc(S(=O)(=O)NCP(=O)(O)Oc2ccc(C#N)c(F)c2)s1. The molecule has 0 spiro atoms. The third-order valence-corrected chi connectivity index (χ3v) is 9.89. The van der Waals surface area contributed by atoms with Crippen molar-refractivity contribution in [1.82, 2.24) is 4.72 Å². The molecule has 0 aliphatic rings. The van der Waals surface area contributed by atoms with E-state index in [2.05, 4.69) is 20.1 Å². The standard InChI is InChI=1S/C25H26FN8O7PS2/c1-17-12-22(39-10-2-8-30-33-28)23(40-11-3-9-31-34-29)14-20(17)24-6-7-25(43-24)44(37,38)32-16-42(35,36)41-19-5-4-18(15-27)21(26)13-19/h4-7,12-14,32H,2-3,8-11,16H2,1H3,(H,35,36). The van der Waals surface area contributed by atoms with Crippen LogP contribution in [-0.2, 0) is 14.6 Å². The number of nitriles is 1. The van der Waals surface area contributed by atoms with Crippen LogP contribution in [0, 0.1) is 24.1 Å². The molecule has 0 saturated heterocycles. The van der Waals surface area contributed by atoms with Gasteiger partial charge in [-0.15, -0.1) is 11.3 Å². The number of sulfonamides is 1. The Balaban J connectivity index is 1.76. The zero-order valence-electron chi connectivity index (χ0n) is 23.2. The lowest BCUT2D eigenvalue weighted by molar-refractivity contribution is 0.265. The highest BCUT2D eigenvalue weighted by molar-refractivity contribution is 7.92. The van der Waals surface area contributed by atoms with Crippen LogP contribution in [0.1, 0.15) is 24.0 Å². The van der Waals surface area contributed by atoms with Gasteiger partial charge in [-0.05, 0) is 78.4 Å². The summed E-state index contributed by atoms with van der Waals surface area (Å²) < 4.78 is 70.7. The van der Waals surface area contributed by atoms with E-state index in [9.17, 15) is 22.3 Å². The van der Waals surface area contributed by atoms with Crippen LogP contribution in [0.15, 0.2) is 56.9 Å². The van der Waals surface area contributed by atoms with Crippen LogP contribution in [-0.4, -0.2) is 45.9 Å². The van der Waals surface area contributed by atoms with Crippen molar-refractivity contribution in [1.29, 1.82) is 5.26 Å². The van der Waals surface area contributed by atoms with Gasteiger partial charge in [-0.3, -0.25) is 0 Å². The van der Waals surface area contributed by atoms with Crippen LogP contribution in [0.25, 0.3) is 31.3 Å². The second kappa shape index (κ2) is 15.9. The van der Waals surface area contributed by atoms with Gasteiger partial charge < -0.3 is 18.9 Å². The van der Waals surface area contributed by atoms with E-state index in [4.69, 9.17) is 30.3 Å². The Kier molecular flexibility index (Phi) is 12.4. The molecule has 19 heteroatoms. The molecule has 2 N–H and O–H groups in total. The van der Waals surface area contributed by atoms with E-state index in [0.717, 1.165) is 35.1 Å². The number of hydrogen-bond acceptors (Lipinski definition) is 10. The van der Waals surface area contributed by atoms with Crippen molar-refractivity contribution >= 4 is 29.0 Å². The zero-order valence-corrected chi connectivity index (χ0v) is 25.7. The Morgan fingerprint density at radius 3 is 2.30 bits per heavy atom. The Bertz CT molecular complexity index is 1780. The average molecular weight is 665 g/mol. The molecule has 1 atom stereocenters. The molecular weight excluding hydrogens is 638 g/mol. The van der Waals surface area contributed by atoms with Crippen LogP contribution >= 0.6 is 18.9 Å². The molecule has 0 amide bonds. The number of nitrogens with one attached hydrogen (secondary N) is 1. The first kappa shape index (κ1) is 34.2. The lowest BCUT2D eigenvalue weighted by Gasteiger charge is -2.16. The van der Waals surface area contributed by atoms with E-state index >= 15 is 0 Å². The lowest BCUT2D eigenvalue weighted by atomic mass is 10.1. The number of ether oxygens (including phenoxy) is 2. The molecule has 0 bridgehead atoms. The van der Waals surface area contributed by atoms with Crippen molar-refractivity contribution in [2.45, 2.75) is 24.0 Å². The lowest BCUT2D eigenvalue weighted by Crippen LogP contribution is -2.25. The van der Waals surface area contributed by atoms with Crippen molar-refractivity contribution in [3.63, 3.8) is 0 Å². The van der Waals surface area contributed by atoms with Crippen LogP contribution in [0.4, 0.5) is 4.39 Å². The molecule has 0 radical (unpaired) electrons. The van der Waals surface area contributed by atoms with Gasteiger partial charge in [0.2, 0.25) is 0 Å². The molecule has 1 unspecified atom stereocenters. The summed E-state index contributed by atoms with van der Waals surface area (Å²) >= 11 is 0.903. The van der Waals surface area contributed by atoms with Gasteiger partial charge >= 0.3 is 7.60 Å². The molecule has 15 nitrogen and oxygen atoms in total. The fourth-order valence-electron chi connectivity index (χ4n) is 3.56. The molecular formula is C25H26FN8O7PS2. The Morgan fingerprint density at radius 1 is 1.07 bits per heavy atom. The Labute approximate surface area is 255 Å². The fraction of sp³-hybridized carbons (Fsp3) is 0.320. The normalized spacial score (nSPS) is 12.2. The number of benzene rings is 2. The minimum Gasteiger partial charge on any atom is -0.490 e. The first-order valence-corrected chi connectivity index (χ1v) is 16.8. The first-order valence-electron chi connectivity index (χ1n) is 12.7. The number of halogens is 1. The third kappa shape index (κ3) is 9.87. The molecule has 44 heavy (non-hydrogen) atoms. The number of rotatable bonds is 17. The molecule has 1 heterocycles. The maximum Gasteiger partial charge on any atom is 0.391 e. The Hall–Kier alpha value is -4.32. The van der Waals surface area contributed by atoms with Crippen molar-refractivity contribution in [3.05, 3.63) is 80.3 Å². The van der Waals surface area contributed by atoms with Crippen LogP contribution in [0.3, 0.4) is 0 Å². The first-order chi connectivity index (χ1) is 21.0. The highest BCUT2D eigenvalue weighted by Crippen LogP contribution is 2.43. The van der Waals surface area contributed by atoms with Crippen molar-refractivity contribution in [2.75, 3.05) is 32.6 Å². The highest BCUT2D eigenvalue weighted by atomic mass is 32.2. The molecule has 0 aliphatic carbocycles. The van der Waals surface area contributed by atoms with Gasteiger partial charge in [0.05, 0.1) is 18.8 Å². The van der Waals surface area contributed by atoms with E-state index in [0.29, 0.717) is 34.8 Å². The maximum atomic E-state index is 13.8. The molecule has 0 saturated carbocycles. The molecule has 2 aromatic carbocycles. The number of hydrogen-bond donors (Lipinski definition) is 2. The summed E-state index contributed by atoms with van der Waals surface area (Å²) in [6.07, 6.45) is -0.0888. The van der Waals surface area contributed by atoms with E-state index < -0.39 is 29.7 Å². The summed E-state index contributed by atoms with van der Waals surface area (Å²) in [7, 11) is -8.85. The topological polar surface area (TPSA) is 232 Å². The van der Waals surface area contributed by atoms with E-state index in [-0.39, 0.29) is 41.8 Å². The van der Waals surface area contributed by atoms with Crippen molar-refractivity contribution in [3.8, 4) is 33.8 Å². The van der Waals surface area contributed by atoms with Crippen LogP contribution in [0.2, 0.25) is 0 Å². The molecule has 1 aromatic heterocycles. The van der Waals surface area contributed by atoms with E-state index in [1.807, 2.05) is 4.72 Å². The van der Waals surface area contributed by atoms with Gasteiger partial charge in [0.15, 0.2) is 11.5 Å². The van der Waals surface area contributed by atoms with Gasteiger partial charge in [0.25, 0.3) is 10.0 Å². The quantitative estimate of drug-likeness (QED) is 0.0538. The average Bonchev–Trinajstić information content (AvgIpc) is 3.48. The van der Waals surface area contributed by atoms with Gasteiger partial charge in [0, 0.05) is 33.9 Å². The predicted molar refractivity (Wildman–Crippen MR) is 159 cm³/mol. The fourth-order valence-corrected chi connectivity index (χ4v) is 7.50. The summed E-state index contributed by atoms with van der Waals surface area (Å²) in [6, 6.07) is 10.9. The van der Waals surface area contributed by atoms with Gasteiger partial charge in [-0.25, -0.2) is 17.4 Å². The number of thiophene rings is 1. The summed E-state index contributed by atoms with van der Waals surface area (Å²) in [4.78, 5) is 16.1. The summed E-state index contributed by atoms with van der Waals surface area (Å²) in [5.74, 6) is -0.523. The Morgan fingerprint density at radius 2 is 1.70 bits per heavy atom. The number of azide groups is 2. The zero-order chi connectivity index (χ0) is 32.2. The van der Waals surface area contributed by atoms with Gasteiger partial charge in [-0.2, -0.15) is 9.98 Å². The minimum absolute atomic E-state index is 0.147. The summed E-state index contributed by atoms with van der Waals surface area (Å²) in [5.41, 5.74) is 18.0.